The first-order valence-electron chi connectivity index (χ1n) is 5.03. The van der Waals surface area contributed by atoms with E-state index in [4.69, 9.17) is 9.84 Å². The van der Waals surface area contributed by atoms with Crippen molar-refractivity contribution >= 4 is 5.97 Å². The number of benzene rings is 1. The van der Waals surface area contributed by atoms with Gasteiger partial charge < -0.3 is 9.84 Å². The van der Waals surface area contributed by atoms with Crippen molar-refractivity contribution in [2.24, 2.45) is 0 Å². The summed E-state index contributed by atoms with van der Waals surface area (Å²) in [5, 5.41) is 8.96. The lowest BCUT2D eigenvalue weighted by atomic mass is 10.1. The Morgan fingerprint density at radius 1 is 1.33 bits per heavy atom. The highest BCUT2D eigenvalue weighted by Crippen LogP contribution is 2.40. The first-order chi connectivity index (χ1) is 7.03. The van der Waals surface area contributed by atoms with Crippen molar-refractivity contribution in [2.75, 3.05) is 0 Å². The average molecular weight is 206 g/mol. The average Bonchev–Trinajstić information content (AvgIpc) is 2.93. The van der Waals surface area contributed by atoms with E-state index < -0.39 is 11.6 Å². The number of aliphatic carboxylic acids is 1. The summed E-state index contributed by atoms with van der Waals surface area (Å²) in [5.74, 6) is -0.210. The van der Waals surface area contributed by atoms with E-state index in [1.54, 1.807) is 0 Å². The van der Waals surface area contributed by atoms with Crippen LogP contribution >= 0.6 is 0 Å². The Kier molecular flexibility index (Phi) is 2.18. The van der Waals surface area contributed by atoms with Gasteiger partial charge in [-0.1, -0.05) is 6.07 Å². The largest absolute Gasteiger partial charge is 0.478 e. The number of carboxylic acids is 1. The van der Waals surface area contributed by atoms with Gasteiger partial charge in [0, 0.05) is 12.8 Å². The van der Waals surface area contributed by atoms with Gasteiger partial charge in [0.15, 0.2) is 0 Å². The highest BCUT2D eigenvalue weighted by Gasteiger charge is 2.53. The van der Waals surface area contributed by atoms with E-state index in [1.165, 1.54) is 5.56 Å². The normalized spacial score (nSPS) is 17.2. The summed E-state index contributed by atoms with van der Waals surface area (Å²) in [5.41, 5.74) is 1.36. The molecule has 1 N–H and O–H groups in total. The first-order valence-corrected chi connectivity index (χ1v) is 5.03. The van der Waals surface area contributed by atoms with Gasteiger partial charge >= 0.3 is 5.97 Å². The van der Waals surface area contributed by atoms with Gasteiger partial charge in [0.25, 0.3) is 0 Å². The molecule has 0 spiro atoms. The van der Waals surface area contributed by atoms with Gasteiger partial charge in [-0.3, -0.25) is 0 Å². The zero-order valence-corrected chi connectivity index (χ0v) is 8.91. The van der Waals surface area contributed by atoms with E-state index in [-0.39, 0.29) is 0 Å². The summed E-state index contributed by atoms with van der Waals surface area (Å²) in [7, 11) is 0. The summed E-state index contributed by atoms with van der Waals surface area (Å²) >= 11 is 0. The SMILES string of the molecule is Cc1ccc(OC2(C(=O)O)CC2)cc1C. The molecule has 0 aromatic heterocycles. The number of rotatable bonds is 3. The molecule has 3 heteroatoms. The molecule has 0 atom stereocenters. The molecule has 1 aromatic carbocycles. The number of hydrogen-bond donors (Lipinski definition) is 1. The Bertz CT molecular complexity index is 405. The molecule has 0 unspecified atom stereocenters. The van der Waals surface area contributed by atoms with Crippen LogP contribution in [0.15, 0.2) is 18.2 Å². The number of ether oxygens (including phenoxy) is 1. The van der Waals surface area contributed by atoms with Crippen molar-refractivity contribution in [3.8, 4) is 5.75 Å². The summed E-state index contributed by atoms with van der Waals surface area (Å²) in [6, 6.07) is 5.66. The molecule has 0 saturated heterocycles. The lowest BCUT2D eigenvalue weighted by Gasteiger charge is -2.14. The Morgan fingerprint density at radius 3 is 2.47 bits per heavy atom. The van der Waals surface area contributed by atoms with Crippen LogP contribution < -0.4 is 4.74 Å². The molecule has 80 valence electrons. The maximum Gasteiger partial charge on any atom is 0.348 e. The predicted molar refractivity (Wildman–Crippen MR) is 56.1 cm³/mol. The summed E-state index contributed by atoms with van der Waals surface area (Å²) in [6.45, 7) is 4.01. The lowest BCUT2D eigenvalue weighted by molar-refractivity contribution is -0.147. The second-order valence-corrected chi connectivity index (χ2v) is 4.15. The Morgan fingerprint density at radius 2 is 2.00 bits per heavy atom. The molecule has 1 fully saturated rings. The zero-order valence-electron chi connectivity index (χ0n) is 8.91. The molecular formula is C12H14O3. The maximum atomic E-state index is 10.9. The molecule has 3 nitrogen and oxygen atoms in total. The molecule has 0 bridgehead atoms. The van der Waals surface area contributed by atoms with E-state index in [1.807, 2.05) is 32.0 Å². The van der Waals surface area contributed by atoms with Crippen LogP contribution in [-0.2, 0) is 4.79 Å². The van der Waals surface area contributed by atoms with Crippen molar-refractivity contribution in [1.82, 2.24) is 0 Å². The van der Waals surface area contributed by atoms with Gasteiger partial charge in [0.2, 0.25) is 5.60 Å². The van der Waals surface area contributed by atoms with Crippen LogP contribution in [0.1, 0.15) is 24.0 Å². The van der Waals surface area contributed by atoms with Crippen molar-refractivity contribution in [3.05, 3.63) is 29.3 Å². The van der Waals surface area contributed by atoms with Crippen molar-refractivity contribution in [2.45, 2.75) is 32.3 Å². The van der Waals surface area contributed by atoms with Crippen molar-refractivity contribution < 1.29 is 14.6 Å². The van der Waals surface area contributed by atoms with Crippen LogP contribution in [0.2, 0.25) is 0 Å². The van der Waals surface area contributed by atoms with Crippen LogP contribution in [0, 0.1) is 13.8 Å². The van der Waals surface area contributed by atoms with Crippen molar-refractivity contribution in [1.29, 1.82) is 0 Å². The second-order valence-electron chi connectivity index (χ2n) is 4.15. The minimum atomic E-state index is -0.943. The smallest absolute Gasteiger partial charge is 0.348 e. The molecule has 1 aliphatic rings. The number of hydrogen-bond acceptors (Lipinski definition) is 2. The second kappa shape index (κ2) is 3.26. The lowest BCUT2D eigenvalue weighted by Crippen LogP contribution is -2.28. The molecule has 1 aliphatic carbocycles. The van der Waals surface area contributed by atoms with Crippen LogP contribution in [-0.4, -0.2) is 16.7 Å². The third kappa shape index (κ3) is 1.82. The number of carboxylic acid groups (broad SMARTS) is 1. The standard InChI is InChI=1S/C12H14O3/c1-8-3-4-10(7-9(8)2)15-12(5-6-12)11(13)14/h3-4,7H,5-6H2,1-2H3,(H,13,14). The fourth-order valence-electron chi connectivity index (χ4n) is 1.48. The summed E-state index contributed by atoms with van der Waals surface area (Å²) in [4.78, 5) is 10.9. The van der Waals surface area contributed by atoms with Crippen LogP contribution in [0.4, 0.5) is 0 Å². The molecule has 1 aromatic rings. The van der Waals surface area contributed by atoms with Gasteiger partial charge in [-0.05, 0) is 37.1 Å². The van der Waals surface area contributed by atoms with Gasteiger partial charge in [-0.2, -0.15) is 0 Å². The molecule has 0 aliphatic heterocycles. The highest BCUT2D eigenvalue weighted by molar-refractivity contribution is 5.81. The third-order valence-electron chi connectivity index (χ3n) is 2.89. The quantitative estimate of drug-likeness (QED) is 0.825. The topological polar surface area (TPSA) is 46.5 Å². The van der Waals surface area contributed by atoms with E-state index in [9.17, 15) is 4.79 Å². The van der Waals surface area contributed by atoms with Crippen LogP contribution in [0.25, 0.3) is 0 Å². The first kappa shape index (κ1) is 10.0. The van der Waals surface area contributed by atoms with Gasteiger partial charge in [-0.25, -0.2) is 4.79 Å². The number of aryl methyl sites for hydroxylation is 2. The monoisotopic (exact) mass is 206 g/mol. The van der Waals surface area contributed by atoms with Gasteiger partial charge in [-0.15, -0.1) is 0 Å². The Balaban J connectivity index is 2.18. The zero-order chi connectivity index (χ0) is 11.1. The molecule has 1 saturated carbocycles. The number of carbonyl (C=O) groups is 1. The Labute approximate surface area is 88.7 Å². The van der Waals surface area contributed by atoms with E-state index in [0.717, 1.165) is 5.56 Å². The molecule has 0 radical (unpaired) electrons. The minimum Gasteiger partial charge on any atom is -0.478 e. The third-order valence-corrected chi connectivity index (χ3v) is 2.89. The molecular weight excluding hydrogens is 192 g/mol. The van der Waals surface area contributed by atoms with Crippen LogP contribution in [0.3, 0.4) is 0 Å². The summed E-state index contributed by atoms with van der Waals surface area (Å²) in [6.07, 6.45) is 1.21. The molecule has 0 amide bonds. The maximum absolute atomic E-state index is 10.9. The van der Waals surface area contributed by atoms with Gasteiger partial charge in [0.05, 0.1) is 0 Å². The Hall–Kier alpha value is -1.51. The van der Waals surface area contributed by atoms with Crippen LogP contribution in [0.5, 0.6) is 5.75 Å². The fraction of sp³-hybridized carbons (Fsp3) is 0.417. The van der Waals surface area contributed by atoms with Gasteiger partial charge in [0.1, 0.15) is 5.75 Å². The fourth-order valence-corrected chi connectivity index (χ4v) is 1.48. The molecule has 15 heavy (non-hydrogen) atoms. The van der Waals surface area contributed by atoms with E-state index in [0.29, 0.717) is 18.6 Å². The highest BCUT2D eigenvalue weighted by atomic mass is 16.5. The molecule has 0 heterocycles. The van der Waals surface area contributed by atoms with Crippen molar-refractivity contribution in [3.63, 3.8) is 0 Å². The minimum absolute atomic E-state index is 0.606. The summed E-state index contributed by atoms with van der Waals surface area (Å²) < 4.78 is 5.51. The van der Waals surface area contributed by atoms with E-state index >= 15 is 0 Å². The predicted octanol–water partition coefficient (Wildman–Crippen LogP) is 2.30. The molecule has 2 rings (SSSR count). The van der Waals surface area contributed by atoms with E-state index in [2.05, 4.69) is 0 Å².